The molecule has 1 aliphatic heterocycles. The Morgan fingerprint density at radius 2 is 2.00 bits per heavy atom. The highest BCUT2D eigenvalue weighted by Crippen LogP contribution is 2.40. The van der Waals surface area contributed by atoms with Crippen LogP contribution in [0.25, 0.3) is 0 Å². The van der Waals surface area contributed by atoms with Crippen LogP contribution in [0.5, 0.6) is 0 Å². The summed E-state index contributed by atoms with van der Waals surface area (Å²) in [6, 6.07) is 5.94. The van der Waals surface area contributed by atoms with Crippen LogP contribution in [-0.4, -0.2) is 28.5 Å². The summed E-state index contributed by atoms with van der Waals surface area (Å²) in [4.78, 5) is 6.65. The summed E-state index contributed by atoms with van der Waals surface area (Å²) in [5.74, 6) is 0. The summed E-state index contributed by atoms with van der Waals surface area (Å²) in [7, 11) is 0. The largest absolute Gasteiger partial charge is 0.326 e. The van der Waals surface area contributed by atoms with E-state index in [1.54, 1.807) is 0 Å². The molecule has 0 aromatic carbocycles. The van der Waals surface area contributed by atoms with Gasteiger partial charge in [-0.05, 0) is 37.0 Å². The fourth-order valence-corrected chi connectivity index (χ4v) is 2.62. The van der Waals surface area contributed by atoms with Gasteiger partial charge in [-0.25, -0.2) is 0 Å². The first-order valence-electron chi connectivity index (χ1n) is 5.76. The number of likely N-dealkylation sites (tertiary alicyclic amines) is 1. The summed E-state index contributed by atoms with van der Waals surface area (Å²) in [6.45, 7) is 1.07. The lowest BCUT2D eigenvalue weighted by atomic mass is 10.1. The molecule has 2 atom stereocenters. The number of nitrogens with zero attached hydrogens (tertiary/aromatic N) is 2. The molecule has 15 heavy (non-hydrogen) atoms. The molecule has 1 aromatic rings. The standard InChI is InChI=1S/C12H17N3/c13-10-7-12(9-3-5-14-6-4-9)15(8-10)11-1-2-11/h3-6,10-12H,1-2,7-8,13H2. The summed E-state index contributed by atoms with van der Waals surface area (Å²) >= 11 is 0. The van der Waals surface area contributed by atoms with Crippen LogP contribution in [0.2, 0.25) is 0 Å². The van der Waals surface area contributed by atoms with E-state index in [2.05, 4.69) is 22.0 Å². The minimum atomic E-state index is 0.351. The zero-order chi connectivity index (χ0) is 10.3. The van der Waals surface area contributed by atoms with Crippen LogP contribution in [0.3, 0.4) is 0 Å². The van der Waals surface area contributed by atoms with Gasteiger partial charge in [0.15, 0.2) is 0 Å². The second kappa shape index (κ2) is 3.58. The topological polar surface area (TPSA) is 42.1 Å². The van der Waals surface area contributed by atoms with Crippen molar-refractivity contribution in [3.8, 4) is 0 Å². The molecule has 2 aliphatic rings. The fraction of sp³-hybridized carbons (Fsp3) is 0.583. The van der Waals surface area contributed by atoms with Crippen LogP contribution < -0.4 is 5.73 Å². The third-order valence-electron chi connectivity index (χ3n) is 3.48. The van der Waals surface area contributed by atoms with E-state index in [9.17, 15) is 0 Å². The summed E-state index contributed by atoms with van der Waals surface area (Å²) in [5.41, 5.74) is 7.44. The molecule has 0 amide bonds. The van der Waals surface area contributed by atoms with Crippen molar-refractivity contribution in [3.63, 3.8) is 0 Å². The predicted molar refractivity (Wildman–Crippen MR) is 59.3 cm³/mol. The molecule has 0 radical (unpaired) electrons. The van der Waals surface area contributed by atoms with Gasteiger partial charge in [-0.15, -0.1) is 0 Å². The molecule has 0 bridgehead atoms. The van der Waals surface area contributed by atoms with Gasteiger partial charge in [0.25, 0.3) is 0 Å². The molecule has 2 unspecified atom stereocenters. The molecule has 1 aromatic heterocycles. The van der Waals surface area contributed by atoms with Gasteiger partial charge < -0.3 is 5.73 Å². The quantitative estimate of drug-likeness (QED) is 0.788. The minimum Gasteiger partial charge on any atom is -0.326 e. The summed E-state index contributed by atoms with van der Waals surface area (Å²) < 4.78 is 0. The van der Waals surface area contributed by atoms with E-state index < -0.39 is 0 Å². The van der Waals surface area contributed by atoms with E-state index in [0.717, 1.165) is 19.0 Å². The average molecular weight is 203 g/mol. The molecule has 1 aliphatic carbocycles. The normalized spacial score (nSPS) is 32.1. The monoisotopic (exact) mass is 203 g/mol. The van der Waals surface area contributed by atoms with Crippen LogP contribution in [0.1, 0.15) is 30.9 Å². The van der Waals surface area contributed by atoms with Crippen molar-refractivity contribution >= 4 is 0 Å². The van der Waals surface area contributed by atoms with Crippen LogP contribution in [0.4, 0.5) is 0 Å². The molecule has 3 heteroatoms. The van der Waals surface area contributed by atoms with E-state index in [1.807, 2.05) is 12.4 Å². The van der Waals surface area contributed by atoms with E-state index in [1.165, 1.54) is 18.4 Å². The molecular formula is C12H17N3. The molecule has 3 rings (SSSR count). The minimum absolute atomic E-state index is 0.351. The number of rotatable bonds is 2. The van der Waals surface area contributed by atoms with E-state index in [-0.39, 0.29) is 0 Å². The average Bonchev–Trinajstić information content (AvgIpc) is 3.03. The number of pyridine rings is 1. The third kappa shape index (κ3) is 1.77. The number of hydrogen-bond acceptors (Lipinski definition) is 3. The van der Waals surface area contributed by atoms with Gasteiger partial charge in [0, 0.05) is 37.1 Å². The fourth-order valence-electron chi connectivity index (χ4n) is 2.62. The highest BCUT2D eigenvalue weighted by molar-refractivity contribution is 5.18. The lowest BCUT2D eigenvalue weighted by Gasteiger charge is -2.23. The van der Waals surface area contributed by atoms with Crippen molar-refractivity contribution in [2.45, 2.75) is 37.4 Å². The highest BCUT2D eigenvalue weighted by Gasteiger charge is 2.40. The molecule has 2 heterocycles. The summed E-state index contributed by atoms with van der Waals surface area (Å²) in [5, 5.41) is 0. The summed E-state index contributed by atoms with van der Waals surface area (Å²) in [6.07, 6.45) is 7.57. The highest BCUT2D eigenvalue weighted by atomic mass is 15.2. The first kappa shape index (κ1) is 9.31. The van der Waals surface area contributed by atoms with Crippen molar-refractivity contribution in [2.75, 3.05) is 6.54 Å². The van der Waals surface area contributed by atoms with Gasteiger partial charge in [-0.1, -0.05) is 0 Å². The van der Waals surface area contributed by atoms with Gasteiger partial charge in [0.1, 0.15) is 0 Å². The Labute approximate surface area is 90.3 Å². The van der Waals surface area contributed by atoms with Gasteiger partial charge >= 0.3 is 0 Å². The molecule has 80 valence electrons. The Bertz CT molecular complexity index is 334. The Morgan fingerprint density at radius 3 is 2.67 bits per heavy atom. The van der Waals surface area contributed by atoms with E-state index in [4.69, 9.17) is 5.73 Å². The Hall–Kier alpha value is -0.930. The van der Waals surface area contributed by atoms with E-state index >= 15 is 0 Å². The zero-order valence-corrected chi connectivity index (χ0v) is 8.84. The predicted octanol–water partition coefficient (Wildman–Crippen LogP) is 1.32. The maximum absolute atomic E-state index is 6.06. The SMILES string of the molecule is NC1CC(c2ccncc2)N(C2CC2)C1. The maximum Gasteiger partial charge on any atom is 0.0368 e. The van der Waals surface area contributed by atoms with Crippen molar-refractivity contribution in [2.24, 2.45) is 5.73 Å². The van der Waals surface area contributed by atoms with Crippen LogP contribution in [-0.2, 0) is 0 Å². The van der Waals surface area contributed by atoms with Crippen molar-refractivity contribution in [1.29, 1.82) is 0 Å². The molecule has 2 N–H and O–H groups in total. The van der Waals surface area contributed by atoms with Gasteiger partial charge in [-0.3, -0.25) is 9.88 Å². The first-order valence-corrected chi connectivity index (χ1v) is 5.76. The van der Waals surface area contributed by atoms with Gasteiger partial charge in [-0.2, -0.15) is 0 Å². The molecular weight excluding hydrogens is 186 g/mol. The Kier molecular flexibility index (Phi) is 2.22. The second-order valence-electron chi connectivity index (χ2n) is 4.72. The number of aromatic nitrogens is 1. The van der Waals surface area contributed by atoms with Crippen LogP contribution in [0.15, 0.2) is 24.5 Å². The number of hydrogen-bond donors (Lipinski definition) is 1. The first-order chi connectivity index (χ1) is 7.34. The smallest absolute Gasteiger partial charge is 0.0368 e. The molecule has 1 saturated heterocycles. The van der Waals surface area contributed by atoms with Crippen molar-refractivity contribution in [1.82, 2.24) is 9.88 Å². The Morgan fingerprint density at radius 1 is 1.27 bits per heavy atom. The Balaban J connectivity index is 1.84. The lowest BCUT2D eigenvalue weighted by molar-refractivity contribution is 0.245. The number of nitrogens with two attached hydrogens (primary N) is 1. The van der Waals surface area contributed by atoms with Gasteiger partial charge in [0.05, 0.1) is 0 Å². The molecule has 2 fully saturated rings. The lowest BCUT2D eigenvalue weighted by Crippen LogP contribution is -2.29. The second-order valence-corrected chi connectivity index (χ2v) is 4.72. The van der Waals surface area contributed by atoms with E-state index in [0.29, 0.717) is 12.1 Å². The third-order valence-corrected chi connectivity index (χ3v) is 3.48. The van der Waals surface area contributed by atoms with Crippen molar-refractivity contribution in [3.05, 3.63) is 30.1 Å². The van der Waals surface area contributed by atoms with Crippen LogP contribution >= 0.6 is 0 Å². The van der Waals surface area contributed by atoms with Gasteiger partial charge in [0.2, 0.25) is 0 Å². The molecule has 0 spiro atoms. The molecule has 1 saturated carbocycles. The molecule has 3 nitrogen and oxygen atoms in total. The maximum atomic E-state index is 6.06. The van der Waals surface area contributed by atoms with Crippen LogP contribution in [0, 0.1) is 0 Å². The van der Waals surface area contributed by atoms with Crippen molar-refractivity contribution < 1.29 is 0 Å². The zero-order valence-electron chi connectivity index (χ0n) is 8.84.